The lowest BCUT2D eigenvalue weighted by atomic mass is 10.2. The van der Waals surface area contributed by atoms with Crippen LogP contribution in [-0.4, -0.2) is 35.6 Å². The molecule has 4 nitrogen and oxygen atoms in total. The summed E-state index contributed by atoms with van der Waals surface area (Å²) in [5.74, 6) is 0.547. The zero-order valence-electron chi connectivity index (χ0n) is 12.5. The molecule has 0 aliphatic carbocycles. The Bertz CT molecular complexity index is 426. The number of aryl methyl sites for hydroxylation is 2. The van der Waals surface area contributed by atoms with Gasteiger partial charge in [-0.2, -0.15) is 18.3 Å². The van der Waals surface area contributed by atoms with Crippen LogP contribution in [0.25, 0.3) is 0 Å². The van der Waals surface area contributed by atoms with Crippen molar-refractivity contribution in [1.29, 1.82) is 0 Å². The maximum absolute atomic E-state index is 12.7. The number of hydrogen-bond acceptors (Lipinski definition) is 3. The van der Waals surface area contributed by atoms with Gasteiger partial charge in [0.2, 0.25) is 0 Å². The molecule has 1 heterocycles. The van der Waals surface area contributed by atoms with Crippen LogP contribution in [0.15, 0.2) is 0 Å². The van der Waals surface area contributed by atoms with Crippen molar-refractivity contribution in [3.8, 4) is 0 Å². The summed E-state index contributed by atoms with van der Waals surface area (Å²) < 4.78 is 39.5. The Balaban J connectivity index is 3.01. The molecule has 0 saturated heterocycles. The summed E-state index contributed by atoms with van der Waals surface area (Å²) in [5, 5.41) is 7.48. The van der Waals surface area contributed by atoms with Gasteiger partial charge in [0.15, 0.2) is 0 Å². The fraction of sp³-hybridized carbons (Fsp3) is 0.769. The van der Waals surface area contributed by atoms with Crippen molar-refractivity contribution in [3.63, 3.8) is 0 Å². The first kappa shape index (κ1) is 16.8. The van der Waals surface area contributed by atoms with Gasteiger partial charge in [0.25, 0.3) is 0 Å². The van der Waals surface area contributed by atoms with E-state index in [2.05, 4.69) is 10.4 Å². The third-order valence-electron chi connectivity index (χ3n) is 3.09. The smallest absolute Gasteiger partial charge is 0.348 e. The van der Waals surface area contributed by atoms with Crippen LogP contribution >= 0.6 is 0 Å². The van der Waals surface area contributed by atoms with Crippen molar-refractivity contribution >= 4 is 5.82 Å². The fourth-order valence-electron chi connectivity index (χ4n) is 2.24. The van der Waals surface area contributed by atoms with Crippen molar-refractivity contribution < 1.29 is 13.2 Å². The fourth-order valence-corrected chi connectivity index (χ4v) is 2.24. The summed E-state index contributed by atoms with van der Waals surface area (Å²) in [7, 11) is 1.69. The summed E-state index contributed by atoms with van der Waals surface area (Å²) in [5.41, 5.74) is 1.61. The monoisotopic (exact) mass is 292 g/mol. The SMILES string of the molecule is CCCNCc1c(C)nn(C)c1N(CC)CC(F)(F)F. The average molecular weight is 292 g/mol. The van der Waals surface area contributed by atoms with Gasteiger partial charge in [-0.15, -0.1) is 0 Å². The minimum Gasteiger partial charge on any atom is -0.348 e. The number of nitrogens with one attached hydrogen (secondary N) is 1. The highest BCUT2D eigenvalue weighted by molar-refractivity contribution is 5.50. The van der Waals surface area contributed by atoms with Crippen LogP contribution in [0.3, 0.4) is 0 Å². The third kappa shape index (κ3) is 4.40. The summed E-state index contributed by atoms with van der Waals surface area (Å²) in [4.78, 5) is 1.32. The number of aromatic nitrogens is 2. The van der Waals surface area contributed by atoms with Crippen molar-refractivity contribution in [2.24, 2.45) is 7.05 Å². The Kier molecular flexibility index (Phi) is 5.86. The van der Waals surface area contributed by atoms with Crippen LogP contribution in [-0.2, 0) is 13.6 Å². The summed E-state index contributed by atoms with van der Waals surface area (Å²) >= 11 is 0. The molecule has 0 aliphatic heterocycles. The first-order valence-electron chi connectivity index (χ1n) is 6.85. The lowest BCUT2D eigenvalue weighted by Gasteiger charge is -2.25. The topological polar surface area (TPSA) is 33.1 Å². The highest BCUT2D eigenvalue weighted by atomic mass is 19.4. The molecule has 20 heavy (non-hydrogen) atoms. The summed E-state index contributed by atoms with van der Waals surface area (Å²) in [6.07, 6.45) is -3.24. The Morgan fingerprint density at radius 2 is 1.95 bits per heavy atom. The van der Waals surface area contributed by atoms with Crippen LogP contribution in [0.4, 0.5) is 19.0 Å². The standard InChI is InChI=1S/C13H23F3N4/c1-5-7-17-8-11-10(3)18-19(4)12(11)20(6-2)9-13(14,15)16/h17H,5-9H2,1-4H3. The average Bonchev–Trinajstić information content (AvgIpc) is 2.61. The van der Waals surface area contributed by atoms with Gasteiger partial charge in [-0.05, 0) is 26.8 Å². The van der Waals surface area contributed by atoms with Gasteiger partial charge < -0.3 is 10.2 Å². The van der Waals surface area contributed by atoms with Gasteiger partial charge >= 0.3 is 6.18 Å². The van der Waals surface area contributed by atoms with Gasteiger partial charge in [0.1, 0.15) is 12.4 Å². The van der Waals surface area contributed by atoms with E-state index in [0.29, 0.717) is 18.9 Å². The second-order valence-electron chi connectivity index (χ2n) is 4.82. The van der Waals surface area contributed by atoms with Gasteiger partial charge in [-0.1, -0.05) is 6.92 Å². The van der Waals surface area contributed by atoms with Crippen molar-refractivity contribution in [1.82, 2.24) is 15.1 Å². The van der Waals surface area contributed by atoms with E-state index in [0.717, 1.165) is 24.2 Å². The number of hydrogen-bond donors (Lipinski definition) is 1. The van der Waals surface area contributed by atoms with E-state index in [1.54, 1.807) is 14.0 Å². The van der Waals surface area contributed by atoms with E-state index >= 15 is 0 Å². The van der Waals surface area contributed by atoms with Gasteiger partial charge in [0.05, 0.1) is 5.69 Å². The molecule has 1 aromatic rings. The molecule has 0 spiro atoms. The molecule has 0 radical (unpaired) electrons. The molecule has 0 aromatic carbocycles. The normalized spacial score (nSPS) is 11.9. The molecular weight excluding hydrogens is 269 g/mol. The molecule has 0 atom stereocenters. The highest BCUT2D eigenvalue weighted by Crippen LogP contribution is 2.26. The Morgan fingerprint density at radius 1 is 1.30 bits per heavy atom. The lowest BCUT2D eigenvalue weighted by Crippen LogP contribution is -2.36. The molecule has 0 fully saturated rings. The molecule has 0 unspecified atom stereocenters. The maximum atomic E-state index is 12.7. The second kappa shape index (κ2) is 6.97. The van der Waals surface area contributed by atoms with Crippen LogP contribution in [0.2, 0.25) is 0 Å². The molecule has 0 aliphatic rings. The van der Waals surface area contributed by atoms with Crippen LogP contribution in [0.5, 0.6) is 0 Å². The maximum Gasteiger partial charge on any atom is 0.405 e. The molecule has 1 aromatic heterocycles. The Morgan fingerprint density at radius 3 is 2.45 bits per heavy atom. The van der Waals surface area contributed by atoms with E-state index < -0.39 is 12.7 Å². The highest BCUT2D eigenvalue weighted by Gasteiger charge is 2.32. The molecule has 0 saturated carbocycles. The number of alkyl halides is 3. The minimum atomic E-state index is -4.22. The quantitative estimate of drug-likeness (QED) is 0.784. The number of rotatable bonds is 7. The zero-order valence-corrected chi connectivity index (χ0v) is 12.5. The van der Waals surface area contributed by atoms with Gasteiger partial charge in [0, 0.05) is 25.7 Å². The van der Waals surface area contributed by atoms with E-state index in [4.69, 9.17) is 0 Å². The predicted molar refractivity (Wildman–Crippen MR) is 73.9 cm³/mol. The predicted octanol–water partition coefficient (Wildman–Crippen LogP) is 2.62. The molecule has 7 heteroatoms. The van der Waals surface area contributed by atoms with Crippen LogP contribution < -0.4 is 10.2 Å². The van der Waals surface area contributed by atoms with E-state index in [9.17, 15) is 13.2 Å². The minimum absolute atomic E-state index is 0.291. The molecule has 1 N–H and O–H groups in total. The van der Waals surface area contributed by atoms with Crippen molar-refractivity contribution in [2.75, 3.05) is 24.5 Å². The number of anilines is 1. The molecule has 0 amide bonds. The van der Waals surface area contributed by atoms with Crippen LogP contribution in [0, 0.1) is 6.92 Å². The molecular formula is C13H23F3N4. The molecule has 0 bridgehead atoms. The first-order valence-corrected chi connectivity index (χ1v) is 6.85. The lowest BCUT2D eigenvalue weighted by molar-refractivity contribution is -0.119. The third-order valence-corrected chi connectivity index (χ3v) is 3.09. The van der Waals surface area contributed by atoms with Crippen LogP contribution in [0.1, 0.15) is 31.5 Å². The van der Waals surface area contributed by atoms with E-state index in [1.807, 2.05) is 13.8 Å². The number of nitrogens with zero attached hydrogens (tertiary/aromatic N) is 3. The Labute approximate surface area is 117 Å². The number of halogens is 3. The molecule has 116 valence electrons. The van der Waals surface area contributed by atoms with Crippen molar-refractivity contribution in [2.45, 2.75) is 39.9 Å². The second-order valence-corrected chi connectivity index (χ2v) is 4.82. The summed E-state index contributed by atoms with van der Waals surface area (Å²) in [6.45, 7) is 6.30. The first-order chi connectivity index (χ1) is 9.30. The summed E-state index contributed by atoms with van der Waals surface area (Å²) in [6, 6.07) is 0. The van der Waals surface area contributed by atoms with Gasteiger partial charge in [-0.25, -0.2) is 0 Å². The zero-order chi connectivity index (χ0) is 15.3. The van der Waals surface area contributed by atoms with E-state index in [-0.39, 0.29) is 0 Å². The van der Waals surface area contributed by atoms with Crippen molar-refractivity contribution in [3.05, 3.63) is 11.3 Å². The van der Waals surface area contributed by atoms with E-state index in [1.165, 1.54) is 9.58 Å². The Hall–Kier alpha value is -1.24. The molecule has 1 rings (SSSR count). The van der Waals surface area contributed by atoms with Gasteiger partial charge in [-0.3, -0.25) is 4.68 Å². The largest absolute Gasteiger partial charge is 0.405 e.